The molecule has 1 aliphatic rings. The smallest absolute Gasteiger partial charge is 0.261 e. The third-order valence-electron chi connectivity index (χ3n) is 3.37. The summed E-state index contributed by atoms with van der Waals surface area (Å²) < 4.78 is 0. The molecule has 3 N–H and O–H groups in total. The summed E-state index contributed by atoms with van der Waals surface area (Å²) in [4.78, 5) is 58.9. The molecule has 0 bridgehead atoms. The summed E-state index contributed by atoms with van der Waals surface area (Å²) in [6, 6.07) is -0.849. The Hall–Kier alpha value is -2.71. The molecule has 132 valence electrons. The van der Waals surface area contributed by atoms with Gasteiger partial charge in [0.15, 0.2) is 0 Å². The van der Waals surface area contributed by atoms with E-state index in [1.807, 2.05) is 0 Å². The van der Waals surface area contributed by atoms with Crippen LogP contribution in [0.25, 0.3) is 0 Å². The van der Waals surface area contributed by atoms with Crippen LogP contribution in [0.2, 0.25) is 0 Å². The van der Waals surface area contributed by atoms with Crippen molar-refractivity contribution in [2.75, 3.05) is 6.54 Å². The number of carbonyl (C=O) groups excluding carboxylic acids is 5. The molecule has 1 unspecified atom stereocenters. The number of amides is 5. The number of imide groups is 1. The van der Waals surface area contributed by atoms with Gasteiger partial charge in [0.05, 0.1) is 0 Å². The van der Waals surface area contributed by atoms with Crippen LogP contribution in [0.15, 0.2) is 12.2 Å². The van der Waals surface area contributed by atoms with Crippen molar-refractivity contribution in [2.24, 2.45) is 5.92 Å². The molecule has 1 atom stereocenters. The average molecular weight is 338 g/mol. The molecule has 0 aromatic heterocycles. The van der Waals surface area contributed by atoms with Crippen LogP contribution in [0.5, 0.6) is 0 Å². The van der Waals surface area contributed by atoms with Crippen LogP contribution in [-0.4, -0.2) is 47.0 Å². The lowest BCUT2D eigenvalue weighted by Crippen LogP contribution is -2.54. The van der Waals surface area contributed by atoms with E-state index in [1.165, 1.54) is 0 Å². The maximum Gasteiger partial charge on any atom is 0.261 e. The first-order valence-corrected chi connectivity index (χ1v) is 7.67. The minimum absolute atomic E-state index is 0.0600. The summed E-state index contributed by atoms with van der Waals surface area (Å²) in [6.07, 6.45) is 2.38. The summed E-state index contributed by atoms with van der Waals surface area (Å²) >= 11 is 0. The zero-order chi connectivity index (χ0) is 18.3. The Bertz CT molecular complexity index is 552. The molecular weight excluding hydrogens is 316 g/mol. The van der Waals surface area contributed by atoms with Crippen molar-refractivity contribution in [2.45, 2.75) is 39.7 Å². The normalized spacial score (nSPS) is 14.8. The molecule has 0 fully saturated rings. The number of nitrogens with one attached hydrogen (secondary N) is 3. The maximum absolute atomic E-state index is 12.0. The van der Waals surface area contributed by atoms with Gasteiger partial charge in [-0.15, -0.1) is 0 Å². The van der Waals surface area contributed by atoms with Gasteiger partial charge >= 0.3 is 0 Å². The van der Waals surface area contributed by atoms with Crippen molar-refractivity contribution < 1.29 is 24.0 Å². The quantitative estimate of drug-likeness (QED) is 0.406. The number of hydrogen-bond acceptors (Lipinski definition) is 5. The highest BCUT2D eigenvalue weighted by atomic mass is 16.2. The second-order valence-electron chi connectivity index (χ2n) is 5.59. The van der Waals surface area contributed by atoms with E-state index < -0.39 is 29.7 Å². The Morgan fingerprint density at radius 2 is 1.62 bits per heavy atom. The number of rotatable bonds is 7. The number of hydrazine groups is 1. The van der Waals surface area contributed by atoms with Crippen LogP contribution in [0.4, 0.5) is 0 Å². The highest BCUT2D eigenvalue weighted by molar-refractivity contribution is 6.13. The van der Waals surface area contributed by atoms with Gasteiger partial charge in [0.1, 0.15) is 6.04 Å². The molecule has 5 amide bonds. The molecule has 1 heterocycles. The SMILES string of the molecule is CCC(=O)NNC(=O)C(NC(=O)CCN1C(=O)C=CC1=O)C(C)C. The first-order valence-electron chi connectivity index (χ1n) is 7.67. The second-order valence-corrected chi connectivity index (χ2v) is 5.59. The van der Waals surface area contributed by atoms with E-state index in [2.05, 4.69) is 16.2 Å². The van der Waals surface area contributed by atoms with E-state index in [-0.39, 0.29) is 31.2 Å². The Kier molecular flexibility index (Phi) is 7.09. The summed E-state index contributed by atoms with van der Waals surface area (Å²) in [7, 11) is 0. The molecule has 0 spiro atoms. The van der Waals surface area contributed by atoms with Crippen LogP contribution in [0, 0.1) is 5.92 Å². The Morgan fingerprint density at radius 1 is 1.04 bits per heavy atom. The number of nitrogens with zero attached hydrogens (tertiary/aromatic N) is 1. The van der Waals surface area contributed by atoms with Gasteiger partial charge < -0.3 is 5.32 Å². The van der Waals surface area contributed by atoms with Crippen molar-refractivity contribution >= 4 is 29.5 Å². The van der Waals surface area contributed by atoms with Gasteiger partial charge in [-0.05, 0) is 5.92 Å². The van der Waals surface area contributed by atoms with E-state index in [4.69, 9.17) is 0 Å². The molecule has 0 aromatic rings. The van der Waals surface area contributed by atoms with Crippen LogP contribution in [0.1, 0.15) is 33.6 Å². The predicted molar refractivity (Wildman–Crippen MR) is 83.8 cm³/mol. The van der Waals surface area contributed by atoms with Gasteiger partial charge in [0.25, 0.3) is 17.7 Å². The number of hydrogen-bond donors (Lipinski definition) is 3. The minimum atomic E-state index is -0.849. The largest absolute Gasteiger partial charge is 0.344 e. The van der Waals surface area contributed by atoms with Gasteiger partial charge in [-0.2, -0.15) is 0 Å². The van der Waals surface area contributed by atoms with Gasteiger partial charge in [-0.25, -0.2) is 0 Å². The van der Waals surface area contributed by atoms with E-state index >= 15 is 0 Å². The number of carbonyl (C=O) groups is 5. The highest BCUT2D eigenvalue weighted by Gasteiger charge is 2.27. The average Bonchev–Trinajstić information content (AvgIpc) is 2.86. The second kappa shape index (κ2) is 8.80. The zero-order valence-corrected chi connectivity index (χ0v) is 13.9. The molecule has 0 saturated heterocycles. The van der Waals surface area contributed by atoms with Gasteiger partial charge in [0, 0.05) is 31.5 Å². The van der Waals surface area contributed by atoms with E-state index in [1.54, 1.807) is 20.8 Å². The predicted octanol–water partition coefficient (Wildman–Crippen LogP) is -1.00. The fraction of sp³-hybridized carbons (Fsp3) is 0.533. The van der Waals surface area contributed by atoms with Crippen molar-refractivity contribution in [3.8, 4) is 0 Å². The van der Waals surface area contributed by atoms with Gasteiger partial charge in [0.2, 0.25) is 11.8 Å². The van der Waals surface area contributed by atoms with Crippen molar-refractivity contribution in [1.82, 2.24) is 21.1 Å². The fourth-order valence-electron chi connectivity index (χ4n) is 1.94. The van der Waals surface area contributed by atoms with Crippen LogP contribution in [-0.2, 0) is 24.0 Å². The molecule has 1 rings (SSSR count). The lowest BCUT2D eigenvalue weighted by molar-refractivity contribution is -0.137. The lowest BCUT2D eigenvalue weighted by Gasteiger charge is -2.22. The van der Waals surface area contributed by atoms with Gasteiger partial charge in [-0.3, -0.25) is 39.7 Å². The van der Waals surface area contributed by atoms with Crippen LogP contribution in [0.3, 0.4) is 0 Å². The van der Waals surface area contributed by atoms with Crippen molar-refractivity contribution in [3.05, 3.63) is 12.2 Å². The summed E-state index contributed by atoms with van der Waals surface area (Å²) in [6.45, 7) is 5.06. The Morgan fingerprint density at radius 3 is 2.12 bits per heavy atom. The molecule has 1 aliphatic heterocycles. The molecule has 0 aromatic carbocycles. The first-order chi connectivity index (χ1) is 11.3. The Balaban J connectivity index is 2.50. The Labute approximate surface area is 139 Å². The van der Waals surface area contributed by atoms with Crippen LogP contribution >= 0.6 is 0 Å². The third kappa shape index (κ3) is 5.49. The zero-order valence-electron chi connectivity index (χ0n) is 13.9. The topological polar surface area (TPSA) is 125 Å². The monoisotopic (exact) mass is 338 g/mol. The van der Waals surface area contributed by atoms with Crippen molar-refractivity contribution in [1.29, 1.82) is 0 Å². The van der Waals surface area contributed by atoms with Crippen LogP contribution < -0.4 is 16.2 Å². The van der Waals surface area contributed by atoms with E-state index in [0.29, 0.717) is 0 Å². The first kappa shape index (κ1) is 19.3. The van der Waals surface area contributed by atoms with Gasteiger partial charge in [-0.1, -0.05) is 20.8 Å². The molecule has 9 nitrogen and oxygen atoms in total. The summed E-state index contributed by atoms with van der Waals surface area (Å²) in [5, 5.41) is 2.54. The standard InChI is InChI=1S/C15H22N4O5/c1-4-10(20)17-18-15(24)14(9(2)3)16-11(21)7-8-19-12(22)5-6-13(19)23/h5-6,9,14H,4,7-8H2,1-3H3,(H,16,21)(H,17,20)(H,18,24). The summed E-state index contributed by atoms with van der Waals surface area (Å²) in [5.74, 6) is -2.52. The third-order valence-corrected chi connectivity index (χ3v) is 3.37. The highest BCUT2D eigenvalue weighted by Crippen LogP contribution is 2.06. The molecular formula is C15H22N4O5. The minimum Gasteiger partial charge on any atom is -0.344 e. The maximum atomic E-state index is 12.0. The molecule has 24 heavy (non-hydrogen) atoms. The molecule has 0 aliphatic carbocycles. The molecule has 0 radical (unpaired) electrons. The van der Waals surface area contributed by atoms with E-state index in [0.717, 1.165) is 17.1 Å². The lowest BCUT2D eigenvalue weighted by atomic mass is 10.0. The molecule has 9 heteroatoms. The summed E-state index contributed by atoms with van der Waals surface area (Å²) in [5.41, 5.74) is 4.48. The van der Waals surface area contributed by atoms with E-state index in [9.17, 15) is 24.0 Å². The fourth-order valence-corrected chi connectivity index (χ4v) is 1.94. The van der Waals surface area contributed by atoms with Crippen molar-refractivity contribution in [3.63, 3.8) is 0 Å². The molecule has 0 saturated carbocycles.